The van der Waals surface area contributed by atoms with E-state index in [1.807, 2.05) is 0 Å². The molecule has 3 amide bonds. The molecule has 31 heavy (non-hydrogen) atoms. The molecule has 0 spiro atoms. The molecule has 1 fully saturated rings. The van der Waals surface area contributed by atoms with E-state index in [4.69, 9.17) is 16.3 Å². The average molecular weight is 498 g/mol. The van der Waals surface area contributed by atoms with Crippen LogP contribution in [0, 0.1) is 0 Å². The lowest BCUT2D eigenvalue weighted by atomic mass is 9.98. The molecule has 0 aliphatic carbocycles. The summed E-state index contributed by atoms with van der Waals surface area (Å²) in [5, 5.41) is 9.47. The van der Waals surface area contributed by atoms with Gasteiger partial charge >= 0.3 is 16.3 Å². The molecule has 0 bridgehead atoms. The fourth-order valence-electron chi connectivity index (χ4n) is 2.42. The smallest absolute Gasteiger partial charge is 0.363 e. The molecule has 17 heteroatoms. The van der Waals surface area contributed by atoms with Crippen LogP contribution in [0.15, 0.2) is 10.5 Å². The van der Waals surface area contributed by atoms with Gasteiger partial charge in [0, 0.05) is 5.38 Å². The van der Waals surface area contributed by atoms with Gasteiger partial charge in [0.15, 0.2) is 16.9 Å². The van der Waals surface area contributed by atoms with Gasteiger partial charge in [0.2, 0.25) is 5.91 Å². The molecule has 3 N–H and O–H groups in total. The summed E-state index contributed by atoms with van der Waals surface area (Å²) in [6.07, 6.45) is 0. The molecule has 170 valence electrons. The fraction of sp³-hybridized carbons (Fsp3) is 0.429. The molecule has 1 saturated heterocycles. The van der Waals surface area contributed by atoms with Crippen LogP contribution in [0.2, 0.25) is 0 Å². The van der Waals surface area contributed by atoms with Crippen LogP contribution in [0.1, 0.15) is 12.6 Å². The van der Waals surface area contributed by atoms with Crippen molar-refractivity contribution in [1.82, 2.24) is 14.6 Å². The maximum absolute atomic E-state index is 12.7. The number of nitrogens with one attached hydrogen (secondary N) is 2. The van der Waals surface area contributed by atoms with Crippen LogP contribution >= 0.6 is 22.9 Å². The van der Waals surface area contributed by atoms with E-state index in [9.17, 15) is 32.1 Å². The standard InChI is InChI=1S/C14H16ClN5O9S2/c1-3-29-13(24)10-9(12(23)20(10)31(25,26)27)18-11(22)8(19-28-2)6-5-30-14(16-6)17-7(21)4-15/h5,9-10H,3-4H2,1-2H3,(H,18,22)(H,16,17,21)(H,25,26,27). The minimum atomic E-state index is -5.07. The van der Waals surface area contributed by atoms with E-state index in [1.165, 1.54) is 12.3 Å². The zero-order chi connectivity index (χ0) is 23.3. The van der Waals surface area contributed by atoms with Crippen molar-refractivity contribution < 1.29 is 41.7 Å². The third-order valence-corrected chi connectivity index (χ3v) is 5.53. The summed E-state index contributed by atoms with van der Waals surface area (Å²) >= 11 is 6.33. The third-order valence-electron chi connectivity index (χ3n) is 3.63. The first kappa shape index (κ1) is 24.4. The number of thiazole rings is 1. The zero-order valence-electron chi connectivity index (χ0n) is 15.9. The second-order valence-corrected chi connectivity index (χ2v) is 8.02. The Morgan fingerprint density at radius 2 is 2.10 bits per heavy atom. The number of oxime groups is 1. The van der Waals surface area contributed by atoms with Gasteiger partial charge in [-0.2, -0.15) is 12.7 Å². The molecule has 14 nitrogen and oxygen atoms in total. The Kier molecular flexibility index (Phi) is 7.88. The van der Waals surface area contributed by atoms with Gasteiger partial charge in [-0.1, -0.05) is 5.16 Å². The number of carbonyl (C=O) groups is 4. The molecular weight excluding hydrogens is 482 g/mol. The van der Waals surface area contributed by atoms with E-state index in [2.05, 4.69) is 25.6 Å². The number of ether oxygens (including phenoxy) is 1. The summed E-state index contributed by atoms with van der Waals surface area (Å²) in [4.78, 5) is 56.8. The third kappa shape index (κ3) is 5.46. The summed E-state index contributed by atoms with van der Waals surface area (Å²) in [7, 11) is -3.94. The Bertz CT molecular complexity index is 1030. The van der Waals surface area contributed by atoms with Crippen molar-refractivity contribution in [3.8, 4) is 0 Å². The Morgan fingerprint density at radius 1 is 1.42 bits per heavy atom. The fourth-order valence-corrected chi connectivity index (χ4v) is 4.03. The minimum Gasteiger partial charge on any atom is -0.464 e. The van der Waals surface area contributed by atoms with E-state index in [-0.39, 0.29) is 27.6 Å². The van der Waals surface area contributed by atoms with Crippen LogP contribution < -0.4 is 10.6 Å². The number of nitrogens with zero attached hydrogens (tertiary/aromatic N) is 3. The van der Waals surface area contributed by atoms with E-state index in [0.717, 1.165) is 18.4 Å². The van der Waals surface area contributed by atoms with Crippen LogP contribution in [0.4, 0.5) is 5.13 Å². The molecule has 0 radical (unpaired) electrons. The maximum atomic E-state index is 12.7. The van der Waals surface area contributed by atoms with Crippen LogP contribution in [-0.2, 0) is 39.1 Å². The molecule has 1 aromatic rings. The number of halogens is 1. The number of amides is 3. The first-order chi connectivity index (χ1) is 14.5. The predicted octanol–water partition coefficient (Wildman–Crippen LogP) is -1.27. The van der Waals surface area contributed by atoms with Crippen molar-refractivity contribution in [1.29, 1.82) is 0 Å². The number of hydrogen-bond acceptors (Lipinski definition) is 11. The largest absolute Gasteiger partial charge is 0.464 e. The van der Waals surface area contributed by atoms with E-state index < -0.39 is 51.8 Å². The zero-order valence-corrected chi connectivity index (χ0v) is 18.3. The second-order valence-electron chi connectivity index (χ2n) is 5.60. The van der Waals surface area contributed by atoms with Crippen molar-refractivity contribution in [3.05, 3.63) is 11.1 Å². The normalized spacial score (nSPS) is 18.8. The number of hydrogen-bond donors (Lipinski definition) is 3. The summed E-state index contributed by atoms with van der Waals surface area (Å²) in [6, 6.07) is -3.48. The molecule has 1 aliphatic heterocycles. The second kappa shape index (κ2) is 9.99. The number of aromatic nitrogens is 1. The highest BCUT2D eigenvalue weighted by Crippen LogP contribution is 2.25. The predicted molar refractivity (Wildman–Crippen MR) is 106 cm³/mol. The highest BCUT2D eigenvalue weighted by atomic mass is 35.5. The molecule has 1 aliphatic rings. The highest BCUT2D eigenvalue weighted by molar-refractivity contribution is 7.84. The van der Waals surface area contributed by atoms with Gasteiger partial charge in [0.1, 0.15) is 24.7 Å². The minimum absolute atomic E-state index is 0.0553. The lowest BCUT2D eigenvalue weighted by molar-refractivity contribution is -0.163. The number of rotatable bonds is 9. The van der Waals surface area contributed by atoms with Crippen LogP contribution in [0.5, 0.6) is 0 Å². The van der Waals surface area contributed by atoms with Crippen molar-refractivity contribution in [2.45, 2.75) is 19.0 Å². The molecule has 2 atom stereocenters. The molecular formula is C14H16ClN5O9S2. The summed E-state index contributed by atoms with van der Waals surface area (Å²) in [5.74, 6) is -4.34. The highest BCUT2D eigenvalue weighted by Gasteiger charge is 2.58. The molecule has 2 unspecified atom stereocenters. The lowest BCUT2D eigenvalue weighted by Crippen LogP contribution is -2.75. The Balaban J connectivity index is 2.25. The number of anilines is 1. The summed E-state index contributed by atoms with van der Waals surface area (Å²) < 4.78 is 36.6. The maximum Gasteiger partial charge on any atom is 0.363 e. The lowest BCUT2D eigenvalue weighted by Gasteiger charge is -2.42. The van der Waals surface area contributed by atoms with Gasteiger partial charge in [-0.25, -0.2) is 9.78 Å². The SMILES string of the molecule is CCOC(=O)C1C(NC(=O)C(=NOC)c2csc(NC(=O)CCl)n2)C(=O)N1S(=O)(=O)O. The van der Waals surface area contributed by atoms with Crippen molar-refractivity contribution >= 4 is 67.8 Å². The van der Waals surface area contributed by atoms with Gasteiger partial charge in [0.05, 0.1) is 6.61 Å². The Hall–Kier alpha value is -2.82. The van der Waals surface area contributed by atoms with Gasteiger partial charge < -0.3 is 20.2 Å². The first-order valence-corrected chi connectivity index (χ1v) is 11.1. The van der Waals surface area contributed by atoms with Gasteiger partial charge in [-0.15, -0.1) is 22.9 Å². The molecule has 0 aromatic carbocycles. The average Bonchev–Trinajstić information content (AvgIpc) is 3.14. The number of alkyl halides is 1. The van der Waals surface area contributed by atoms with Crippen LogP contribution in [0.25, 0.3) is 0 Å². The van der Waals surface area contributed by atoms with Crippen molar-refractivity contribution in [2.24, 2.45) is 5.16 Å². The van der Waals surface area contributed by atoms with Crippen LogP contribution in [-0.4, -0.2) is 83.3 Å². The van der Waals surface area contributed by atoms with Crippen molar-refractivity contribution in [3.63, 3.8) is 0 Å². The van der Waals surface area contributed by atoms with E-state index in [1.54, 1.807) is 0 Å². The number of carbonyl (C=O) groups excluding carboxylic acids is 4. The molecule has 2 heterocycles. The van der Waals surface area contributed by atoms with Gasteiger partial charge in [-0.05, 0) is 6.92 Å². The van der Waals surface area contributed by atoms with E-state index in [0.29, 0.717) is 0 Å². The first-order valence-electron chi connectivity index (χ1n) is 8.26. The summed E-state index contributed by atoms with van der Waals surface area (Å²) in [6.45, 7) is 1.30. The number of esters is 1. The summed E-state index contributed by atoms with van der Waals surface area (Å²) in [5.41, 5.74) is -0.494. The topological polar surface area (TPSA) is 194 Å². The van der Waals surface area contributed by atoms with Gasteiger partial charge in [0.25, 0.3) is 11.8 Å². The van der Waals surface area contributed by atoms with E-state index >= 15 is 0 Å². The number of β-lactam (4-membered cyclic amide) rings is 1. The molecule has 2 rings (SSSR count). The monoisotopic (exact) mass is 497 g/mol. The van der Waals surface area contributed by atoms with Gasteiger partial charge in [-0.3, -0.25) is 18.9 Å². The molecule has 0 saturated carbocycles. The van der Waals surface area contributed by atoms with Crippen LogP contribution in [0.3, 0.4) is 0 Å². The Labute approximate surface area is 184 Å². The molecule has 1 aromatic heterocycles. The van der Waals surface area contributed by atoms with Crippen molar-refractivity contribution in [2.75, 3.05) is 24.9 Å². The quantitative estimate of drug-likeness (QED) is 0.0924. The Morgan fingerprint density at radius 3 is 2.65 bits per heavy atom.